The average molecular weight is 779 g/mol. The Bertz CT molecular complexity index is 2620. The minimum absolute atomic E-state index is 0.0109. The summed E-state index contributed by atoms with van der Waals surface area (Å²) in [5.74, 6) is 0.687. The third kappa shape index (κ3) is 7.76. The second-order valence-electron chi connectivity index (χ2n) is 20.6. The summed E-state index contributed by atoms with van der Waals surface area (Å²) in [7, 11) is 2.14. The van der Waals surface area contributed by atoms with Crippen molar-refractivity contribution in [3.8, 4) is 56.7 Å². The van der Waals surface area contributed by atoms with Gasteiger partial charge in [0.1, 0.15) is 7.05 Å². The minimum Gasteiger partial charge on any atom is -0.353 e. The van der Waals surface area contributed by atoms with E-state index < -0.39 is 0 Å². The predicted octanol–water partition coefficient (Wildman–Crippen LogP) is 13.8. The number of pyridine rings is 1. The molecule has 8 rings (SSSR count). The number of benzene rings is 4. The molecule has 0 saturated carbocycles. The summed E-state index contributed by atoms with van der Waals surface area (Å²) in [5.41, 5.74) is 16.7. The Hall–Kier alpha value is -5.81. The summed E-state index contributed by atoms with van der Waals surface area (Å²) in [6.45, 7) is 27.5. The molecule has 300 valence electrons. The summed E-state index contributed by atoms with van der Waals surface area (Å²) in [5, 5.41) is 2.22. The molecule has 0 unspecified atom stereocenters. The van der Waals surface area contributed by atoms with Gasteiger partial charge in [-0.3, -0.25) is 0 Å². The zero-order valence-corrected chi connectivity index (χ0v) is 37.3. The van der Waals surface area contributed by atoms with Crippen molar-refractivity contribution in [1.29, 1.82) is 0 Å². The molecule has 0 radical (unpaired) electrons. The molecule has 0 aliphatic heterocycles. The lowest BCUT2D eigenvalue weighted by Crippen LogP contribution is -2.30. The van der Waals surface area contributed by atoms with Crippen LogP contribution in [0.4, 0.5) is 0 Å². The van der Waals surface area contributed by atoms with Gasteiger partial charge in [-0.15, -0.1) is 0 Å². The van der Waals surface area contributed by atoms with Crippen LogP contribution in [0.3, 0.4) is 0 Å². The maximum atomic E-state index is 5.43. The topological polar surface area (TPSA) is 61.2 Å². The molecule has 0 bridgehead atoms. The fourth-order valence-electron chi connectivity index (χ4n) is 8.03. The molecule has 2 N–H and O–H groups in total. The number of H-pyrrole nitrogens is 2. The molecule has 0 aliphatic rings. The van der Waals surface area contributed by atoms with Gasteiger partial charge in [0, 0.05) is 29.1 Å². The van der Waals surface area contributed by atoms with Crippen molar-refractivity contribution in [2.45, 2.75) is 105 Å². The van der Waals surface area contributed by atoms with Gasteiger partial charge in [0.05, 0.1) is 33.5 Å². The van der Waals surface area contributed by atoms with E-state index in [-0.39, 0.29) is 21.7 Å². The van der Waals surface area contributed by atoms with Gasteiger partial charge >= 0.3 is 0 Å². The highest BCUT2D eigenvalue weighted by Gasteiger charge is 2.25. The molecule has 0 spiro atoms. The zero-order valence-electron chi connectivity index (χ0n) is 37.3. The molecule has 0 atom stereocenters. The lowest BCUT2D eigenvalue weighted by atomic mass is 9.79. The van der Waals surface area contributed by atoms with Crippen LogP contribution in [0.1, 0.15) is 105 Å². The van der Waals surface area contributed by atoms with E-state index in [1.165, 1.54) is 33.4 Å². The number of fused-ring (bicyclic) bond motifs is 2. The van der Waals surface area contributed by atoms with Gasteiger partial charge in [-0.1, -0.05) is 119 Å². The predicted molar refractivity (Wildman–Crippen MR) is 249 cm³/mol. The lowest BCUT2D eigenvalue weighted by molar-refractivity contribution is -0.617. The van der Waals surface area contributed by atoms with E-state index in [0.717, 1.165) is 61.5 Å². The number of para-hydroxylation sites is 2. The van der Waals surface area contributed by atoms with Crippen LogP contribution in [0, 0.1) is 0 Å². The molecular formula is C54H60N5+. The minimum atomic E-state index is 0.0109. The summed E-state index contributed by atoms with van der Waals surface area (Å²) in [4.78, 5) is 18.5. The van der Waals surface area contributed by atoms with E-state index in [1.807, 2.05) is 0 Å². The van der Waals surface area contributed by atoms with Crippen LogP contribution < -0.4 is 4.57 Å². The smallest absolute Gasteiger partial charge is 0.213 e. The van der Waals surface area contributed by atoms with Crippen LogP contribution in [0.15, 0.2) is 115 Å². The number of hydrogen-bond donors (Lipinski definition) is 2. The van der Waals surface area contributed by atoms with E-state index in [2.05, 4.69) is 220 Å². The fraction of sp³-hybridized carbons (Fsp3) is 0.315. The number of aromatic amines is 2. The first kappa shape index (κ1) is 40.0. The van der Waals surface area contributed by atoms with E-state index in [9.17, 15) is 0 Å². The summed E-state index contributed by atoms with van der Waals surface area (Å²) in [6, 6.07) is 42.1. The third-order valence-corrected chi connectivity index (χ3v) is 11.9. The molecule has 4 heterocycles. The van der Waals surface area contributed by atoms with E-state index >= 15 is 0 Å². The molecule has 4 aromatic heterocycles. The molecule has 8 aromatic rings. The first-order valence-corrected chi connectivity index (χ1v) is 21.1. The Labute approximate surface area is 351 Å². The van der Waals surface area contributed by atoms with Crippen LogP contribution in [0.5, 0.6) is 0 Å². The van der Waals surface area contributed by atoms with E-state index in [1.54, 1.807) is 0 Å². The number of aromatic nitrogens is 5. The van der Waals surface area contributed by atoms with Gasteiger partial charge in [-0.05, 0) is 122 Å². The first-order chi connectivity index (χ1) is 27.6. The monoisotopic (exact) mass is 778 g/mol. The quantitative estimate of drug-likeness (QED) is 0.135. The summed E-state index contributed by atoms with van der Waals surface area (Å²) in [6.07, 6.45) is 0. The van der Waals surface area contributed by atoms with Crippen LogP contribution in [0.2, 0.25) is 0 Å². The number of nitrogens with zero attached hydrogens (tertiary/aromatic N) is 3. The second kappa shape index (κ2) is 14.2. The van der Waals surface area contributed by atoms with E-state index in [0.29, 0.717) is 5.82 Å². The van der Waals surface area contributed by atoms with Crippen molar-refractivity contribution in [2.75, 3.05) is 0 Å². The fourth-order valence-corrected chi connectivity index (χ4v) is 8.03. The largest absolute Gasteiger partial charge is 0.353 e. The zero-order chi connectivity index (χ0) is 42.2. The van der Waals surface area contributed by atoms with Crippen molar-refractivity contribution in [3.05, 3.63) is 138 Å². The molecule has 59 heavy (non-hydrogen) atoms. The third-order valence-electron chi connectivity index (χ3n) is 11.9. The molecular weight excluding hydrogens is 719 g/mol. The first-order valence-electron chi connectivity index (χ1n) is 21.1. The molecule has 0 aliphatic carbocycles. The number of aryl methyl sites for hydroxylation is 1. The lowest BCUT2D eigenvalue weighted by Gasteiger charge is -2.26. The van der Waals surface area contributed by atoms with Crippen LogP contribution in [-0.2, 0) is 28.7 Å². The molecule has 5 heteroatoms. The van der Waals surface area contributed by atoms with Crippen molar-refractivity contribution < 1.29 is 4.57 Å². The maximum Gasteiger partial charge on any atom is 0.213 e. The maximum absolute atomic E-state index is 5.43. The second-order valence-corrected chi connectivity index (χ2v) is 20.6. The van der Waals surface area contributed by atoms with Gasteiger partial charge < -0.3 is 9.97 Å². The molecule has 0 fully saturated rings. The van der Waals surface area contributed by atoms with Gasteiger partial charge in [-0.25, -0.2) is 9.97 Å². The highest BCUT2D eigenvalue weighted by atomic mass is 15.0. The molecule has 5 nitrogen and oxygen atoms in total. The van der Waals surface area contributed by atoms with Gasteiger partial charge in [0.15, 0.2) is 5.82 Å². The normalized spacial score (nSPS) is 12.8. The van der Waals surface area contributed by atoms with Crippen molar-refractivity contribution >= 4 is 21.8 Å². The average Bonchev–Trinajstić information content (AvgIpc) is 3.88. The Kier molecular flexibility index (Phi) is 9.61. The van der Waals surface area contributed by atoms with Crippen molar-refractivity contribution in [2.24, 2.45) is 7.05 Å². The molecule has 4 aromatic carbocycles. The van der Waals surface area contributed by atoms with Crippen LogP contribution in [-0.4, -0.2) is 19.9 Å². The standard InChI is InChI=1S/C54H60N5/c1-51(2,3)35-26-33(27-36(30-35)52(4,5)6)41-22-24-43(55-41)45-32-46(44-25-23-42(56-44)34-28-37(53(7,8)9)31-38(29-34)54(10,11)12)58-50(57-45)49-39-18-14-16-20-47(39)59(13)48-21-17-15-19-40(48)49/h14-32,55-56H,1-13H3/q+1. The Morgan fingerprint density at radius 3 is 1.10 bits per heavy atom. The van der Waals surface area contributed by atoms with Crippen LogP contribution >= 0.6 is 0 Å². The number of hydrogen-bond acceptors (Lipinski definition) is 2. The summed E-state index contributed by atoms with van der Waals surface area (Å²) >= 11 is 0. The Balaban J connectivity index is 1.34. The van der Waals surface area contributed by atoms with Crippen molar-refractivity contribution in [3.63, 3.8) is 0 Å². The van der Waals surface area contributed by atoms with Gasteiger partial charge in [0.25, 0.3) is 0 Å². The van der Waals surface area contributed by atoms with Crippen LogP contribution in [0.25, 0.3) is 78.5 Å². The Morgan fingerprint density at radius 2 is 0.746 bits per heavy atom. The number of rotatable bonds is 5. The van der Waals surface area contributed by atoms with Gasteiger partial charge in [0.2, 0.25) is 11.0 Å². The number of nitrogens with one attached hydrogen (secondary N) is 2. The van der Waals surface area contributed by atoms with Gasteiger partial charge in [-0.2, -0.15) is 4.57 Å². The van der Waals surface area contributed by atoms with Crippen molar-refractivity contribution in [1.82, 2.24) is 19.9 Å². The molecule has 0 saturated heterocycles. The Morgan fingerprint density at radius 1 is 0.407 bits per heavy atom. The highest BCUT2D eigenvalue weighted by Crippen LogP contribution is 2.39. The summed E-state index contributed by atoms with van der Waals surface area (Å²) < 4.78 is 2.27. The highest BCUT2D eigenvalue weighted by molar-refractivity contribution is 6.06. The van der Waals surface area contributed by atoms with E-state index in [4.69, 9.17) is 9.97 Å². The molecule has 0 amide bonds. The SMILES string of the molecule is C[n+]1c2ccccc2c(-c2nc(-c3ccc(-c4cc(C(C)(C)C)cc(C(C)(C)C)c4)[nH]3)cc(-c3ccc(-c4cc(C(C)(C)C)cc(C(C)(C)C)c4)[nH]3)n2)c2ccccc21.